The summed E-state index contributed by atoms with van der Waals surface area (Å²) in [5, 5.41) is 6.50. The molecule has 1 unspecified atom stereocenters. The summed E-state index contributed by atoms with van der Waals surface area (Å²) in [5.74, 6) is 1.38. The molecule has 1 amide bonds. The van der Waals surface area contributed by atoms with Crippen molar-refractivity contribution >= 4 is 5.91 Å². The molecule has 0 aromatic carbocycles. The van der Waals surface area contributed by atoms with Gasteiger partial charge in [0.15, 0.2) is 0 Å². The van der Waals surface area contributed by atoms with Crippen molar-refractivity contribution in [2.75, 3.05) is 19.6 Å². The highest BCUT2D eigenvalue weighted by Gasteiger charge is 2.28. The van der Waals surface area contributed by atoms with Gasteiger partial charge in [-0.2, -0.15) is 0 Å². The zero-order chi connectivity index (χ0) is 12.9. The summed E-state index contributed by atoms with van der Waals surface area (Å²) in [4.78, 5) is 12.1. The van der Waals surface area contributed by atoms with Crippen molar-refractivity contribution in [2.24, 2.45) is 17.3 Å². The molecular weight excluding hydrogens is 212 g/mol. The Morgan fingerprint density at radius 3 is 2.71 bits per heavy atom. The summed E-state index contributed by atoms with van der Waals surface area (Å²) in [6.45, 7) is 11.4. The SMILES string of the molecule is CC(C)CC(C)(C)C(=O)NCC1CCCNC1. The lowest BCUT2D eigenvalue weighted by molar-refractivity contribution is -0.130. The van der Waals surface area contributed by atoms with Crippen molar-refractivity contribution < 1.29 is 4.79 Å². The number of hydrogen-bond acceptors (Lipinski definition) is 2. The Hall–Kier alpha value is -0.570. The average Bonchev–Trinajstić information content (AvgIpc) is 2.25. The molecule has 3 heteroatoms. The third kappa shape index (κ3) is 5.07. The van der Waals surface area contributed by atoms with Crippen molar-refractivity contribution in [2.45, 2.75) is 47.0 Å². The Labute approximate surface area is 106 Å². The highest BCUT2D eigenvalue weighted by atomic mass is 16.2. The number of nitrogens with one attached hydrogen (secondary N) is 2. The van der Waals surface area contributed by atoms with E-state index < -0.39 is 0 Å². The number of hydrogen-bond donors (Lipinski definition) is 2. The molecule has 1 aliphatic rings. The lowest BCUT2D eigenvalue weighted by Crippen LogP contribution is -2.43. The molecule has 0 aliphatic carbocycles. The van der Waals surface area contributed by atoms with Crippen molar-refractivity contribution in [3.8, 4) is 0 Å². The molecule has 0 aromatic heterocycles. The average molecular weight is 240 g/mol. The van der Waals surface area contributed by atoms with Crippen LogP contribution in [0.4, 0.5) is 0 Å². The van der Waals surface area contributed by atoms with E-state index in [1.807, 2.05) is 13.8 Å². The molecule has 1 aliphatic heterocycles. The Morgan fingerprint density at radius 1 is 1.47 bits per heavy atom. The molecule has 1 atom stereocenters. The van der Waals surface area contributed by atoms with Gasteiger partial charge in [-0.15, -0.1) is 0 Å². The van der Waals surface area contributed by atoms with Gasteiger partial charge in [0.1, 0.15) is 0 Å². The molecule has 100 valence electrons. The van der Waals surface area contributed by atoms with Crippen LogP contribution in [0.5, 0.6) is 0 Å². The second kappa shape index (κ2) is 6.39. The molecule has 0 spiro atoms. The molecule has 3 nitrogen and oxygen atoms in total. The van der Waals surface area contributed by atoms with Gasteiger partial charge in [-0.3, -0.25) is 4.79 Å². The van der Waals surface area contributed by atoms with Crippen molar-refractivity contribution in [1.82, 2.24) is 10.6 Å². The van der Waals surface area contributed by atoms with E-state index in [9.17, 15) is 4.79 Å². The minimum Gasteiger partial charge on any atom is -0.355 e. The minimum absolute atomic E-state index is 0.205. The van der Waals surface area contributed by atoms with E-state index in [0.717, 1.165) is 26.1 Å². The number of carbonyl (C=O) groups excluding carboxylic acids is 1. The maximum absolute atomic E-state index is 12.1. The van der Waals surface area contributed by atoms with Crippen LogP contribution < -0.4 is 10.6 Å². The fourth-order valence-corrected chi connectivity index (χ4v) is 2.69. The molecular formula is C14H28N2O. The predicted octanol–water partition coefficient (Wildman–Crippen LogP) is 2.17. The van der Waals surface area contributed by atoms with Gasteiger partial charge >= 0.3 is 0 Å². The Bertz CT molecular complexity index is 243. The highest BCUT2D eigenvalue weighted by molar-refractivity contribution is 5.81. The van der Waals surface area contributed by atoms with Crippen molar-refractivity contribution in [1.29, 1.82) is 0 Å². The van der Waals surface area contributed by atoms with Crippen LogP contribution >= 0.6 is 0 Å². The normalized spacial score (nSPS) is 21.6. The molecule has 0 saturated carbocycles. The van der Waals surface area contributed by atoms with E-state index >= 15 is 0 Å². The largest absolute Gasteiger partial charge is 0.355 e. The van der Waals surface area contributed by atoms with Crippen LogP contribution in [0.3, 0.4) is 0 Å². The lowest BCUT2D eigenvalue weighted by Gasteiger charge is -2.28. The summed E-state index contributed by atoms with van der Waals surface area (Å²) in [6, 6.07) is 0. The van der Waals surface area contributed by atoms with E-state index in [0.29, 0.717) is 11.8 Å². The Balaban J connectivity index is 2.32. The second-order valence-electron chi connectivity index (χ2n) is 6.40. The predicted molar refractivity (Wildman–Crippen MR) is 71.8 cm³/mol. The smallest absolute Gasteiger partial charge is 0.225 e. The standard InChI is InChI=1S/C14H28N2O/c1-11(2)8-14(3,4)13(17)16-10-12-6-5-7-15-9-12/h11-12,15H,5-10H2,1-4H3,(H,16,17). The number of carbonyl (C=O) groups is 1. The zero-order valence-corrected chi connectivity index (χ0v) is 11.8. The molecule has 1 rings (SSSR count). The van der Waals surface area contributed by atoms with Crippen LogP contribution in [0.15, 0.2) is 0 Å². The van der Waals surface area contributed by atoms with Crippen LogP contribution in [-0.4, -0.2) is 25.5 Å². The van der Waals surface area contributed by atoms with Gasteiger partial charge in [0.2, 0.25) is 5.91 Å². The van der Waals surface area contributed by atoms with E-state index in [-0.39, 0.29) is 11.3 Å². The molecule has 1 fully saturated rings. The van der Waals surface area contributed by atoms with Gasteiger partial charge in [-0.1, -0.05) is 27.7 Å². The van der Waals surface area contributed by atoms with Crippen LogP contribution in [0.25, 0.3) is 0 Å². The van der Waals surface area contributed by atoms with Crippen molar-refractivity contribution in [3.05, 3.63) is 0 Å². The highest BCUT2D eigenvalue weighted by Crippen LogP contribution is 2.25. The molecule has 2 N–H and O–H groups in total. The first kappa shape index (κ1) is 14.5. The molecule has 17 heavy (non-hydrogen) atoms. The number of piperidine rings is 1. The first-order valence-corrected chi connectivity index (χ1v) is 6.91. The van der Waals surface area contributed by atoms with E-state index in [2.05, 4.69) is 24.5 Å². The van der Waals surface area contributed by atoms with Gasteiger partial charge in [-0.25, -0.2) is 0 Å². The lowest BCUT2D eigenvalue weighted by atomic mass is 9.83. The van der Waals surface area contributed by atoms with E-state index in [1.54, 1.807) is 0 Å². The Kier molecular flexibility index (Phi) is 5.44. The first-order valence-electron chi connectivity index (χ1n) is 6.91. The number of amides is 1. The molecule has 0 radical (unpaired) electrons. The van der Waals surface area contributed by atoms with Crippen molar-refractivity contribution in [3.63, 3.8) is 0 Å². The van der Waals surface area contributed by atoms with Gasteiger partial charge in [0.25, 0.3) is 0 Å². The van der Waals surface area contributed by atoms with Gasteiger partial charge in [0.05, 0.1) is 0 Å². The summed E-state index contributed by atoms with van der Waals surface area (Å²) in [7, 11) is 0. The molecule has 1 saturated heterocycles. The maximum atomic E-state index is 12.1. The van der Waals surface area contributed by atoms with Gasteiger partial charge < -0.3 is 10.6 Å². The summed E-state index contributed by atoms with van der Waals surface area (Å²) in [6.07, 6.45) is 3.41. The topological polar surface area (TPSA) is 41.1 Å². The van der Waals surface area contributed by atoms with Crippen LogP contribution in [0.1, 0.15) is 47.0 Å². The van der Waals surface area contributed by atoms with Gasteiger partial charge in [-0.05, 0) is 44.2 Å². The fraction of sp³-hybridized carbons (Fsp3) is 0.929. The van der Waals surface area contributed by atoms with Gasteiger partial charge in [0, 0.05) is 12.0 Å². The van der Waals surface area contributed by atoms with E-state index in [1.165, 1.54) is 12.8 Å². The second-order valence-corrected chi connectivity index (χ2v) is 6.40. The summed E-state index contributed by atoms with van der Waals surface area (Å²) < 4.78 is 0. The third-order valence-electron chi connectivity index (χ3n) is 3.48. The third-order valence-corrected chi connectivity index (χ3v) is 3.48. The Morgan fingerprint density at radius 2 is 2.18 bits per heavy atom. The summed E-state index contributed by atoms with van der Waals surface area (Å²) >= 11 is 0. The molecule has 0 bridgehead atoms. The molecule has 0 aromatic rings. The van der Waals surface area contributed by atoms with Crippen LogP contribution in [0, 0.1) is 17.3 Å². The first-order chi connectivity index (χ1) is 7.92. The quantitative estimate of drug-likeness (QED) is 0.773. The zero-order valence-electron chi connectivity index (χ0n) is 11.8. The fourth-order valence-electron chi connectivity index (χ4n) is 2.69. The number of rotatable bonds is 5. The molecule has 1 heterocycles. The van der Waals surface area contributed by atoms with E-state index in [4.69, 9.17) is 0 Å². The van der Waals surface area contributed by atoms with Crippen LogP contribution in [0.2, 0.25) is 0 Å². The monoisotopic (exact) mass is 240 g/mol. The van der Waals surface area contributed by atoms with Crippen LogP contribution in [-0.2, 0) is 4.79 Å². The minimum atomic E-state index is -0.240. The summed E-state index contributed by atoms with van der Waals surface area (Å²) in [5.41, 5.74) is -0.240. The maximum Gasteiger partial charge on any atom is 0.225 e.